The van der Waals surface area contributed by atoms with E-state index in [9.17, 15) is 13.2 Å². The largest absolute Gasteiger partial charge is 0.377 e. The highest BCUT2D eigenvalue weighted by Gasteiger charge is 2.23. The number of carbonyl (C=O) groups excluding carboxylic acids is 1. The molecular weight excluding hydrogens is 352 g/mol. The standard InChI is InChI=1S/C16H23ClN2O4S/c1-3-11(2)19-16(20)12-6-7-14(17)15(9-12)24(21,22)18-10-13-5-4-8-23-13/h6-7,9,11,13,18H,3-5,8,10H2,1-2H3,(H,19,20). The number of hydrogen-bond acceptors (Lipinski definition) is 4. The molecule has 1 fully saturated rings. The topological polar surface area (TPSA) is 84.5 Å². The number of halogens is 1. The fourth-order valence-electron chi connectivity index (χ4n) is 2.35. The fourth-order valence-corrected chi connectivity index (χ4v) is 3.94. The first-order valence-electron chi connectivity index (χ1n) is 8.05. The first-order valence-corrected chi connectivity index (χ1v) is 9.91. The molecule has 2 rings (SSSR count). The highest BCUT2D eigenvalue weighted by atomic mass is 35.5. The third kappa shape index (κ3) is 4.92. The van der Waals surface area contributed by atoms with Gasteiger partial charge in [-0.15, -0.1) is 0 Å². The third-order valence-corrected chi connectivity index (χ3v) is 5.90. The molecule has 1 aliphatic heterocycles. The summed E-state index contributed by atoms with van der Waals surface area (Å²) in [7, 11) is -3.81. The van der Waals surface area contributed by atoms with Crippen molar-refractivity contribution in [2.75, 3.05) is 13.2 Å². The van der Waals surface area contributed by atoms with E-state index in [4.69, 9.17) is 16.3 Å². The minimum absolute atomic E-state index is 0.00544. The first kappa shape index (κ1) is 19.2. The summed E-state index contributed by atoms with van der Waals surface area (Å²) in [5.74, 6) is -0.323. The number of nitrogens with one attached hydrogen (secondary N) is 2. The van der Waals surface area contributed by atoms with Crippen molar-refractivity contribution in [3.63, 3.8) is 0 Å². The molecule has 0 radical (unpaired) electrons. The van der Waals surface area contributed by atoms with Crippen LogP contribution in [0.5, 0.6) is 0 Å². The van der Waals surface area contributed by atoms with E-state index >= 15 is 0 Å². The predicted molar refractivity (Wildman–Crippen MR) is 92.8 cm³/mol. The molecular formula is C16H23ClN2O4S. The average Bonchev–Trinajstić information content (AvgIpc) is 3.06. The predicted octanol–water partition coefficient (Wildman–Crippen LogP) is 2.33. The van der Waals surface area contributed by atoms with E-state index < -0.39 is 10.0 Å². The molecule has 6 nitrogen and oxygen atoms in total. The van der Waals surface area contributed by atoms with E-state index in [1.54, 1.807) is 0 Å². The van der Waals surface area contributed by atoms with E-state index in [1.165, 1.54) is 18.2 Å². The summed E-state index contributed by atoms with van der Waals surface area (Å²) >= 11 is 6.03. The Labute approximate surface area is 148 Å². The van der Waals surface area contributed by atoms with Crippen molar-refractivity contribution in [1.29, 1.82) is 0 Å². The second kappa shape index (κ2) is 8.29. The van der Waals surface area contributed by atoms with Crippen molar-refractivity contribution >= 4 is 27.5 Å². The number of rotatable bonds is 7. The van der Waals surface area contributed by atoms with Gasteiger partial charge in [0.1, 0.15) is 4.90 Å². The smallest absolute Gasteiger partial charge is 0.251 e. The fraction of sp³-hybridized carbons (Fsp3) is 0.562. The van der Waals surface area contributed by atoms with Crippen molar-refractivity contribution in [3.8, 4) is 0 Å². The molecule has 0 aliphatic carbocycles. The maximum Gasteiger partial charge on any atom is 0.251 e. The Morgan fingerprint density at radius 2 is 2.21 bits per heavy atom. The zero-order valence-corrected chi connectivity index (χ0v) is 15.4. The molecule has 134 valence electrons. The van der Waals surface area contributed by atoms with E-state index in [-0.39, 0.29) is 40.1 Å². The summed E-state index contributed by atoms with van der Waals surface area (Å²) in [5.41, 5.74) is 0.261. The lowest BCUT2D eigenvalue weighted by molar-refractivity contribution is 0.0939. The van der Waals surface area contributed by atoms with E-state index in [2.05, 4.69) is 10.0 Å². The van der Waals surface area contributed by atoms with Gasteiger partial charge in [-0.1, -0.05) is 18.5 Å². The molecule has 0 aromatic heterocycles. The Kier molecular flexibility index (Phi) is 6.62. The van der Waals surface area contributed by atoms with Crippen LogP contribution in [0, 0.1) is 0 Å². The molecule has 2 atom stereocenters. The van der Waals surface area contributed by atoms with Gasteiger partial charge in [-0.3, -0.25) is 4.79 Å². The van der Waals surface area contributed by atoms with Crippen molar-refractivity contribution in [1.82, 2.24) is 10.0 Å². The van der Waals surface area contributed by atoms with Gasteiger partial charge in [-0.05, 0) is 44.4 Å². The van der Waals surface area contributed by atoms with Crippen molar-refractivity contribution < 1.29 is 17.9 Å². The van der Waals surface area contributed by atoms with Gasteiger partial charge in [-0.25, -0.2) is 13.1 Å². The molecule has 8 heteroatoms. The van der Waals surface area contributed by atoms with Crippen LogP contribution in [0.1, 0.15) is 43.5 Å². The van der Waals surface area contributed by atoms with Crippen LogP contribution < -0.4 is 10.0 Å². The molecule has 1 amide bonds. The zero-order valence-electron chi connectivity index (χ0n) is 13.8. The number of carbonyl (C=O) groups is 1. The van der Waals surface area contributed by atoms with Crippen LogP contribution in [0.3, 0.4) is 0 Å². The molecule has 1 heterocycles. The lowest BCUT2D eigenvalue weighted by atomic mass is 10.2. The summed E-state index contributed by atoms with van der Waals surface area (Å²) in [6.07, 6.45) is 2.43. The molecule has 2 unspecified atom stereocenters. The number of sulfonamides is 1. The Morgan fingerprint density at radius 1 is 1.46 bits per heavy atom. The zero-order chi connectivity index (χ0) is 17.7. The monoisotopic (exact) mass is 374 g/mol. The summed E-state index contributed by atoms with van der Waals surface area (Å²) in [4.78, 5) is 12.1. The highest BCUT2D eigenvalue weighted by Crippen LogP contribution is 2.23. The second-order valence-corrected chi connectivity index (χ2v) is 8.06. The van der Waals surface area contributed by atoms with Crippen LogP contribution in [-0.2, 0) is 14.8 Å². The van der Waals surface area contributed by atoms with Crippen LogP contribution in [0.4, 0.5) is 0 Å². The number of amides is 1. The van der Waals surface area contributed by atoms with E-state index in [0.29, 0.717) is 6.61 Å². The SMILES string of the molecule is CCC(C)NC(=O)c1ccc(Cl)c(S(=O)(=O)NCC2CCCO2)c1. The Hall–Kier alpha value is -1.15. The molecule has 1 aromatic rings. The molecule has 0 saturated carbocycles. The Morgan fingerprint density at radius 3 is 2.83 bits per heavy atom. The van der Waals surface area contributed by atoms with Gasteiger partial charge in [-0.2, -0.15) is 0 Å². The maximum atomic E-state index is 12.5. The highest BCUT2D eigenvalue weighted by molar-refractivity contribution is 7.89. The summed E-state index contributed by atoms with van der Waals surface area (Å²) in [6.45, 7) is 4.69. The van der Waals surface area contributed by atoms with Crippen LogP contribution in [0.15, 0.2) is 23.1 Å². The molecule has 1 aliphatic rings. The lowest BCUT2D eigenvalue weighted by Crippen LogP contribution is -2.33. The Bertz CT molecular complexity index is 687. The number of hydrogen-bond donors (Lipinski definition) is 2. The second-order valence-electron chi connectivity index (χ2n) is 5.91. The Balaban J connectivity index is 2.15. The molecule has 1 saturated heterocycles. The van der Waals surface area contributed by atoms with E-state index in [1.807, 2.05) is 13.8 Å². The molecule has 0 bridgehead atoms. The minimum atomic E-state index is -3.81. The van der Waals surface area contributed by atoms with Gasteiger partial charge in [0.05, 0.1) is 11.1 Å². The summed E-state index contributed by atoms with van der Waals surface area (Å²) in [5, 5.41) is 2.88. The van der Waals surface area contributed by atoms with Crippen molar-refractivity contribution in [2.45, 2.75) is 50.2 Å². The number of ether oxygens (including phenoxy) is 1. The molecule has 0 spiro atoms. The minimum Gasteiger partial charge on any atom is -0.377 e. The molecule has 2 N–H and O–H groups in total. The van der Waals surface area contributed by atoms with Gasteiger partial charge in [0.2, 0.25) is 10.0 Å². The van der Waals surface area contributed by atoms with Crippen LogP contribution in [0.25, 0.3) is 0 Å². The normalized spacial score (nSPS) is 19.2. The van der Waals surface area contributed by atoms with Gasteiger partial charge in [0.15, 0.2) is 0 Å². The molecule has 24 heavy (non-hydrogen) atoms. The quantitative estimate of drug-likeness (QED) is 0.767. The van der Waals surface area contributed by atoms with E-state index in [0.717, 1.165) is 19.3 Å². The summed E-state index contributed by atoms with van der Waals surface area (Å²) < 4.78 is 32.9. The summed E-state index contributed by atoms with van der Waals surface area (Å²) in [6, 6.07) is 4.25. The third-order valence-electron chi connectivity index (χ3n) is 4.00. The van der Waals surface area contributed by atoms with Crippen LogP contribution >= 0.6 is 11.6 Å². The first-order chi connectivity index (χ1) is 11.3. The van der Waals surface area contributed by atoms with Crippen LogP contribution in [0.2, 0.25) is 5.02 Å². The molecule has 1 aromatic carbocycles. The van der Waals surface area contributed by atoms with Crippen molar-refractivity contribution in [3.05, 3.63) is 28.8 Å². The van der Waals surface area contributed by atoms with Crippen LogP contribution in [-0.4, -0.2) is 39.6 Å². The van der Waals surface area contributed by atoms with Gasteiger partial charge in [0.25, 0.3) is 5.91 Å². The van der Waals surface area contributed by atoms with Gasteiger partial charge < -0.3 is 10.1 Å². The average molecular weight is 375 g/mol. The number of benzene rings is 1. The van der Waals surface area contributed by atoms with Gasteiger partial charge in [0, 0.05) is 24.8 Å². The maximum absolute atomic E-state index is 12.5. The van der Waals surface area contributed by atoms with Gasteiger partial charge >= 0.3 is 0 Å². The lowest BCUT2D eigenvalue weighted by Gasteiger charge is -2.14. The van der Waals surface area contributed by atoms with Crippen molar-refractivity contribution in [2.24, 2.45) is 0 Å².